The normalized spacial score (nSPS) is 21.9. The van der Waals surface area contributed by atoms with Gasteiger partial charge in [0.05, 0.1) is 19.3 Å². The molecule has 4 N–H and O–H groups in total. The van der Waals surface area contributed by atoms with E-state index in [0.717, 1.165) is 19.4 Å². The summed E-state index contributed by atoms with van der Waals surface area (Å²) in [6, 6.07) is 0. The van der Waals surface area contributed by atoms with Crippen LogP contribution in [-0.2, 0) is 9.47 Å². The van der Waals surface area contributed by atoms with Gasteiger partial charge in [-0.25, -0.2) is 10.8 Å². The number of nitrogens with zero attached hydrogens (tertiary/aromatic N) is 1. The van der Waals surface area contributed by atoms with Crippen molar-refractivity contribution in [2.45, 2.75) is 25.4 Å². The summed E-state index contributed by atoms with van der Waals surface area (Å²) in [7, 11) is 1.66. The van der Waals surface area contributed by atoms with Gasteiger partial charge in [0, 0.05) is 20.3 Å². The van der Waals surface area contributed by atoms with Gasteiger partial charge in [-0.05, 0) is 19.3 Å². The van der Waals surface area contributed by atoms with Crippen LogP contribution in [0.3, 0.4) is 0 Å². The molecule has 0 saturated carbocycles. The Morgan fingerprint density at radius 3 is 3.06 bits per heavy atom. The quantitative estimate of drug-likeness (QED) is 0.197. The minimum atomic E-state index is 0.237. The molecule has 0 bridgehead atoms. The molecule has 0 radical (unpaired) electrons. The topological polar surface area (TPSA) is 80.9 Å². The lowest BCUT2D eigenvalue weighted by Gasteiger charge is -2.21. The number of nitrogens with one attached hydrogen (secondary N) is 2. The number of aliphatic imine (C=N–C) groups is 1. The Bertz CT molecular complexity index is 205. The summed E-state index contributed by atoms with van der Waals surface area (Å²) >= 11 is 0. The van der Waals surface area contributed by atoms with Crippen LogP contribution in [0.25, 0.3) is 0 Å². The molecule has 1 saturated heterocycles. The second-order valence-electron chi connectivity index (χ2n) is 3.74. The van der Waals surface area contributed by atoms with Crippen molar-refractivity contribution < 1.29 is 9.47 Å². The first-order valence-electron chi connectivity index (χ1n) is 5.72. The van der Waals surface area contributed by atoms with Crippen LogP contribution in [-0.4, -0.2) is 45.5 Å². The number of hydrogen-bond donors (Lipinski definition) is 3. The zero-order chi connectivity index (χ0) is 11.6. The Morgan fingerprint density at radius 2 is 2.44 bits per heavy atom. The molecule has 1 atom stereocenters. The van der Waals surface area contributed by atoms with E-state index in [4.69, 9.17) is 15.3 Å². The van der Waals surface area contributed by atoms with Crippen LogP contribution < -0.4 is 16.6 Å². The highest BCUT2D eigenvalue weighted by molar-refractivity contribution is 5.79. The zero-order valence-corrected chi connectivity index (χ0v) is 9.87. The Kier molecular flexibility index (Phi) is 6.87. The Balaban J connectivity index is 2.22. The van der Waals surface area contributed by atoms with Crippen LogP contribution in [0.15, 0.2) is 4.99 Å². The average molecular weight is 230 g/mol. The van der Waals surface area contributed by atoms with E-state index in [2.05, 4.69) is 15.7 Å². The van der Waals surface area contributed by atoms with E-state index in [1.165, 1.54) is 6.42 Å². The van der Waals surface area contributed by atoms with Crippen molar-refractivity contribution in [2.24, 2.45) is 10.8 Å². The van der Waals surface area contributed by atoms with E-state index in [9.17, 15) is 0 Å². The largest absolute Gasteiger partial charge is 0.383 e. The van der Waals surface area contributed by atoms with Gasteiger partial charge in [-0.15, -0.1) is 0 Å². The number of hydrazine groups is 1. The van der Waals surface area contributed by atoms with Gasteiger partial charge in [-0.2, -0.15) is 0 Å². The number of methoxy groups -OCH3 is 1. The molecule has 1 aliphatic heterocycles. The molecule has 0 spiro atoms. The molecule has 1 aliphatic rings. The maximum Gasteiger partial charge on any atom is 0.205 e. The van der Waals surface area contributed by atoms with Gasteiger partial charge in [0.15, 0.2) is 0 Å². The SMILES string of the molecule is COCCNC(=NCC1CCCCO1)NN. The standard InChI is InChI=1S/C10H22N4O2/c1-15-7-5-12-10(14-11)13-8-9-4-2-3-6-16-9/h9H,2-8,11H2,1H3,(H2,12,13,14). The number of guanidine groups is 1. The molecule has 0 aliphatic carbocycles. The molecule has 16 heavy (non-hydrogen) atoms. The van der Waals surface area contributed by atoms with Crippen molar-refractivity contribution in [2.75, 3.05) is 33.4 Å². The van der Waals surface area contributed by atoms with Crippen LogP contribution in [0.2, 0.25) is 0 Å². The van der Waals surface area contributed by atoms with Crippen LogP contribution >= 0.6 is 0 Å². The smallest absolute Gasteiger partial charge is 0.205 e. The van der Waals surface area contributed by atoms with Crippen molar-refractivity contribution in [1.82, 2.24) is 10.7 Å². The van der Waals surface area contributed by atoms with Crippen molar-refractivity contribution >= 4 is 5.96 Å². The minimum Gasteiger partial charge on any atom is -0.383 e. The molecule has 6 heteroatoms. The molecule has 94 valence electrons. The maximum absolute atomic E-state index is 5.57. The Hall–Kier alpha value is -0.850. The molecule has 0 aromatic rings. The van der Waals surface area contributed by atoms with Gasteiger partial charge in [-0.1, -0.05) is 0 Å². The van der Waals surface area contributed by atoms with E-state index in [0.29, 0.717) is 25.7 Å². The lowest BCUT2D eigenvalue weighted by molar-refractivity contribution is 0.0224. The fourth-order valence-corrected chi connectivity index (χ4v) is 1.57. The highest BCUT2D eigenvalue weighted by Gasteiger charge is 2.13. The number of hydrogen-bond acceptors (Lipinski definition) is 4. The predicted molar refractivity (Wildman–Crippen MR) is 63.1 cm³/mol. The Labute approximate surface area is 96.6 Å². The zero-order valence-electron chi connectivity index (χ0n) is 9.87. The van der Waals surface area contributed by atoms with Crippen LogP contribution in [0, 0.1) is 0 Å². The maximum atomic E-state index is 5.57. The molecule has 0 aromatic heterocycles. The summed E-state index contributed by atoms with van der Waals surface area (Å²) in [6.07, 6.45) is 3.71. The molecule has 1 heterocycles. The molecule has 0 amide bonds. The number of ether oxygens (including phenoxy) is 2. The fraction of sp³-hybridized carbons (Fsp3) is 0.900. The van der Waals surface area contributed by atoms with Crippen molar-refractivity contribution in [3.8, 4) is 0 Å². The Morgan fingerprint density at radius 1 is 1.56 bits per heavy atom. The van der Waals surface area contributed by atoms with Crippen molar-refractivity contribution in [3.63, 3.8) is 0 Å². The summed E-state index contributed by atoms with van der Waals surface area (Å²) in [5.74, 6) is 5.93. The van der Waals surface area contributed by atoms with Gasteiger partial charge in [-0.3, -0.25) is 5.43 Å². The monoisotopic (exact) mass is 230 g/mol. The highest BCUT2D eigenvalue weighted by Crippen LogP contribution is 2.12. The van der Waals surface area contributed by atoms with Crippen LogP contribution in [0.4, 0.5) is 0 Å². The van der Waals surface area contributed by atoms with Crippen molar-refractivity contribution in [3.05, 3.63) is 0 Å². The molecule has 1 fully saturated rings. The first kappa shape index (κ1) is 13.2. The number of rotatable bonds is 5. The summed E-state index contributed by atoms with van der Waals surface area (Å²) in [4.78, 5) is 4.33. The summed E-state index contributed by atoms with van der Waals surface area (Å²) in [5, 5.41) is 3.04. The van der Waals surface area contributed by atoms with Crippen LogP contribution in [0.5, 0.6) is 0 Å². The minimum absolute atomic E-state index is 0.237. The fourth-order valence-electron chi connectivity index (χ4n) is 1.57. The lowest BCUT2D eigenvalue weighted by Crippen LogP contribution is -2.43. The second-order valence-corrected chi connectivity index (χ2v) is 3.74. The molecular formula is C10H22N4O2. The summed E-state index contributed by atoms with van der Waals surface area (Å²) < 4.78 is 10.5. The third-order valence-electron chi connectivity index (χ3n) is 2.46. The molecular weight excluding hydrogens is 208 g/mol. The summed E-state index contributed by atoms with van der Waals surface area (Å²) in [6.45, 7) is 2.81. The molecule has 6 nitrogen and oxygen atoms in total. The van der Waals surface area contributed by atoms with E-state index >= 15 is 0 Å². The molecule has 1 unspecified atom stereocenters. The van der Waals surface area contributed by atoms with E-state index in [-0.39, 0.29) is 6.10 Å². The average Bonchev–Trinajstić information content (AvgIpc) is 2.35. The van der Waals surface area contributed by atoms with Gasteiger partial charge in [0.25, 0.3) is 0 Å². The molecule has 0 aromatic carbocycles. The lowest BCUT2D eigenvalue weighted by atomic mass is 10.1. The van der Waals surface area contributed by atoms with E-state index in [1.807, 2.05) is 0 Å². The first-order valence-corrected chi connectivity index (χ1v) is 5.72. The van der Waals surface area contributed by atoms with Crippen LogP contribution in [0.1, 0.15) is 19.3 Å². The van der Waals surface area contributed by atoms with Gasteiger partial charge in [0.1, 0.15) is 0 Å². The van der Waals surface area contributed by atoms with Gasteiger partial charge < -0.3 is 14.8 Å². The van der Waals surface area contributed by atoms with E-state index < -0.39 is 0 Å². The third-order valence-corrected chi connectivity index (χ3v) is 2.46. The molecule has 1 rings (SSSR count). The highest BCUT2D eigenvalue weighted by atomic mass is 16.5. The second kappa shape index (κ2) is 8.32. The van der Waals surface area contributed by atoms with Gasteiger partial charge in [0.2, 0.25) is 5.96 Å². The predicted octanol–water partition coefficient (Wildman–Crippen LogP) is -0.389. The van der Waals surface area contributed by atoms with Gasteiger partial charge >= 0.3 is 0 Å². The third kappa shape index (κ3) is 5.29. The summed E-state index contributed by atoms with van der Waals surface area (Å²) in [5.41, 5.74) is 2.53. The first-order chi connectivity index (χ1) is 7.86. The van der Waals surface area contributed by atoms with Crippen molar-refractivity contribution in [1.29, 1.82) is 0 Å². The number of nitrogens with two attached hydrogens (primary N) is 1. The van der Waals surface area contributed by atoms with E-state index in [1.54, 1.807) is 7.11 Å².